The van der Waals surface area contributed by atoms with Crippen molar-refractivity contribution in [2.75, 3.05) is 28.4 Å². The van der Waals surface area contributed by atoms with E-state index in [0.717, 1.165) is 5.56 Å². The summed E-state index contributed by atoms with van der Waals surface area (Å²) in [7, 11) is 6.45. The fraction of sp³-hybridized carbons (Fsp3) is 0.538. The maximum atomic E-state index is 5.44. The molecule has 1 aromatic carbocycles. The van der Waals surface area contributed by atoms with E-state index in [9.17, 15) is 0 Å². The van der Waals surface area contributed by atoms with Crippen molar-refractivity contribution in [2.24, 2.45) is 0 Å². The molecule has 4 heteroatoms. The fourth-order valence-electron chi connectivity index (χ4n) is 1.55. The topological polar surface area (TPSA) is 36.9 Å². The molecule has 0 radical (unpaired) electrons. The zero-order chi connectivity index (χ0) is 13.1. The molecule has 0 atom stereocenters. The molecule has 4 nitrogen and oxygen atoms in total. The highest BCUT2D eigenvalue weighted by atomic mass is 16.5. The third-order valence-electron chi connectivity index (χ3n) is 2.87. The smallest absolute Gasteiger partial charge is 0.203 e. The molecule has 0 aliphatic rings. The van der Waals surface area contributed by atoms with E-state index in [1.54, 1.807) is 28.4 Å². The lowest BCUT2D eigenvalue weighted by Crippen LogP contribution is -2.19. The number of ether oxygens (including phenoxy) is 4. The lowest BCUT2D eigenvalue weighted by Gasteiger charge is -2.25. The van der Waals surface area contributed by atoms with Crippen LogP contribution in [0.3, 0.4) is 0 Å². The van der Waals surface area contributed by atoms with Crippen LogP contribution in [0.1, 0.15) is 19.4 Å². The van der Waals surface area contributed by atoms with Crippen molar-refractivity contribution in [2.45, 2.75) is 19.4 Å². The molecule has 0 spiro atoms. The van der Waals surface area contributed by atoms with Gasteiger partial charge < -0.3 is 18.9 Å². The van der Waals surface area contributed by atoms with Crippen LogP contribution in [-0.4, -0.2) is 28.4 Å². The molecule has 17 heavy (non-hydrogen) atoms. The summed E-state index contributed by atoms with van der Waals surface area (Å²) in [5, 5.41) is 0. The van der Waals surface area contributed by atoms with Gasteiger partial charge in [-0.15, -0.1) is 0 Å². The fourth-order valence-corrected chi connectivity index (χ4v) is 1.55. The van der Waals surface area contributed by atoms with Crippen LogP contribution in [0.25, 0.3) is 0 Å². The number of rotatable bonds is 5. The number of hydrogen-bond donors (Lipinski definition) is 0. The van der Waals surface area contributed by atoms with Gasteiger partial charge in [-0.25, -0.2) is 0 Å². The lowest BCUT2D eigenvalue weighted by atomic mass is 9.97. The zero-order valence-electron chi connectivity index (χ0n) is 11.3. The van der Waals surface area contributed by atoms with Gasteiger partial charge in [0.2, 0.25) is 5.75 Å². The molecule has 1 aromatic rings. The van der Waals surface area contributed by atoms with E-state index in [1.165, 1.54) is 0 Å². The van der Waals surface area contributed by atoms with Gasteiger partial charge in [0, 0.05) is 7.11 Å². The molecule has 96 valence electrons. The summed E-state index contributed by atoms with van der Waals surface area (Å²) < 4.78 is 21.3. The summed E-state index contributed by atoms with van der Waals surface area (Å²) in [4.78, 5) is 0. The summed E-state index contributed by atoms with van der Waals surface area (Å²) in [6, 6.07) is 3.79. The highest BCUT2D eigenvalue weighted by Crippen LogP contribution is 2.41. The second kappa shape index (κ2) is 5.27. The Kier molecular flexibility index (Phi) is 4.23. The molecule has 0 aliphatic heterocycles. The first-order valence-corrected chi connectivity index (χ1v) is 5.35. The van der Waals surface area contributed by atoms with Crippen LogP contribution in [0.15, 0.2) is 12.1 Å². The second-order valence-corrected chi connectivity index (χ2v) is 4.13. The van der Waals surface area contributed by atoms with Crippen LogP contribution in [0.2, 0.25) is 0 Å². The third-order valence-corrected chi connectivity index (χ3v) is 2.87. The monoisotopic (exact) mass is 240 g/mol. The van der Waals surface area contributed by atoms with Crippen molar-refractivity contribution in [3.8, 4) is 17.2 Å². The Labute approximate surface area is 102 Å². The van der Waals surface area contributed by atoms with Gasteiger partial charge in [0.1, 0.15) is 0 Å². The van der Waals surface area contributed by atoms with Gasteiger partial charge in [-0.2, -0.15) is 0 Å². The van der Waals surface area contributed by atoms with Crippen molar-refractivity contribution in [3.63, 3.8) is 0 Å². The van der Waals surface area contributed by atoms with Gasteiger partial charge in [-0.3, -0.25) is 0 Å². The maximum absolute atomic E-state index is 5.44. The molecule has 0 unspecified atom stereocenters. The van der Waals surface area contributed by atoms with Gasteiger partial charge in [0.05, 0.1) is 26.9 Å². The van der Waals surface area contributed by atoms with E-state index < -0.39 is 5.60 Å². The number of benzene rings is 1. The van der Waals surface area contributed by atoms with E-state index >= 15 is 0 Å². The molecular weight excluding hydrogens is 220 g/mol. The van der Waals surface area contributed by atoms with E-state index in [0.29, 0.717) is 17.2 Å². The van der Waals surface area contributed by atoms with Crippen molar-refractivity contribution in [3.05, 3.63) is 17.7 Å². The van der Waals surface area contributed by atoms with Gasteiger partial charge in [-0.05, 0) is 31.5 Å². The first-order valence-electron chi connectivity index (χ1n) is 5.35. The second-order valence-electron chi connectivity index (χ2n) is 4.13. The molecule has 1 rings (SSSR count). The Balaban J connectivity index is 3.37. The minimum Gasteiger partial charge on any atom is -0.493 e. The largest absolute Gasteiger partial charge is 0.493 e. The Morgan fingerprint density at radius 2 is 1.29 bits per heavy atom. The average Bonchev–Trinajstić information content (AvgIpc) is 2.36. The molecule has 0 bridgehead atoms. The first kappa shape index (κ1) is 13.6. The summed E-state index contributed by atoms with van der Waals surface area (Å²) in [6.45, 7) is 3.96. The SMILES string of the molecule is COc1cc(C(C)(C)OC)cc(OC)c1OC. The minimum absolute atomic E-state index is 0.410. The van der Waals surface area contributed by atoms with Gasteiger partial charge in [0.25, 0.3) is 0 Å². The van der Waals surface area contributed by atoms with Crippen molar-refractivity contribution >= 4 is 0 Å². The maximum Gasteiger partial charge on any atom is 0.203 e. The standard InChI is InChI=1S/C13H20O4/c1-13(2,17-6)9-7-10(14-3)12(16-5)11(8-9)15-4/h7-8H,1-6H3. The van der Waals surface area contributed by atoms with Gasteiger partial charge in [0.15, 0.2) is 11.5 Å². The number of hydrogen-bond acceptors (Lipinski definition) is 4. The van der Waals surface area contributed by atoms with Gasteiger partial charge in [-0.1, -0.05) is 0 Å². The molecule has 0 aliphatic carbocycles. The highest BCUT2D eigenvalue weighted by Gasteiger charge is 2.24. The van der Waals surface area contributed by atoms with Crippen LogP contribution >= 0.6 is 0 Å². The Morgan fingerprint density at radius 1 is 0.824 bits per heavy atom. The molecule has 0 N–H and O–H groups in total. The lowest BCUT2D eigenvalue weighted by molar-refractivity contribution is 0.0188. The van der Waals surface area contributed by atoms with E-state index in [1.807, 2.05) is 26.0 Å². The molecule has 0 saturated carbocycles. The summed E-state index contributed by atoms with van der Waals surface area (Å²) in [5.74, 6) is 1.85. The predicted octanol–water partition coefficient (Wildman–Crippen LogP) is 2.59. The van der Waals surface area contributed by atoms with Crippen molar-refractivity contribution in [1.29, 1.82) is 0 Å². The Bertz CT molecular complexity index is 360. The Morgan fingerprint density at radius 3 is 1.59 bits per heavy atom. The van der Waals surface area contributed by atoms with E-state index in [-0.39, 0.29) is 0 Å². The van der Waals surface area contributed by atoms with Crippen LogP contribution < -0.4 is 14.2 Å². The van der Waals surface area contributed by atoms with Crippen LogP contribution in [0, 0.1) is 0 Å². The summed E-state index contributed by atoms with van der Waals surface area (Å²) in [6.07, 6.45) is 0. The normalized spacial score (nSPS) is 11.2. The quantitative estimate of drug-likeness (QED) is 0.792. The predicted molar refractivity (Wildman–Crippen MR) is 66.1 cm³/mol. The molecule has 0 saturated heterocycles. The van der Waals surface area contributed by atoms with E-state index in [4.69, 9.17) is 18.9 Å². The first-order chi connectivity index (χ1) is 8.00. The van der Waals surface area contributed by atoms with Crippen molar-refractivity contribution in [1.82, 2.24) is 0 Å². The van der Waals surface area contributed by atoms with Gasteiger partial charge >= 0.3 is 0 Å². The van der Waals surface area contributed by atoms with Crippen LogP contribution in [0.4, 0.5) is 0 Å². The molecule has 0 aromatic heterocycles. The van der Waals surface area contributed by atoms with E-state index in [2.05, 4.69) is 0 Å². The summed E-state index contributed by atoms with van der Waals surface area (Å²) >= 11 is 0. The minimum atomic E-state index is -0.410. The molecular formula is C13H20O4. The molecule has 0 fully saturated rings. The van der Waals surface area contributed by atoms with Crippen LogP contribution in [-0.2, 0) is 10.3 Å². The Hall–Kier alpha value is -1.42. The average molecular weight is 240 g/mol. The molecule has 0 amide bonds. The third kappa shape index (κ3) is 2.64. The highest BCUT2D eigenvalue weighted by molar-refractivity contribution is 5.54. The summed E-state index contributed by atoms with van der Waals surface area (Å²) in [5.41, 5.74) is 0.557. The number of methoxy groups -OCH3 is 4. The van der Waals surface area contributed by atoms with Crippen LogP contribution in [0.5, 0.6) is 17.2 Å². The zero-order valence-corrected chi connectivity index (χ0v) is 11.3. The molecule has 0 heterocycles. The van der Waals surface area contributed by atoms with Crippen molar-refractivity contribution < 1.29 is 18.9 Å².